The predicted octanol–water partition coefficient (Wildman–Crippen LogP) is 3.91. The van der Waals surface area contributed by atoms with Crippen LogP contribution < -0.4 is 10.2 Å². The van der Waals surface area contributed by atoms with E-state index in [4.69, 9.17) is 0 Å². The summed E-state index contributed by atoms with van der Waals surface area (Å²) in [6.07, 6.45) is 4.98. The Hall–Kier alpha value is -1.51. The van der Waals surface area contributed by atoms with Gasteiger partial charge in [-0.2, -0.15) is 0 Å². The van der Waals surface area contributed by atoms with Gasteiger partial charge in [-0.15, -0.1) is 0 Å². The fourth-order valence-corrected chi connectivity index (χ4v) is 4.15. The van der Waals surface area contributed by atoms with Crippen LogP contribution in [0.15, 0.2) is 24.3 Å². The topological polar surface area (TPSA) is 32.3 Å². The first kappa shape index (κ1) is 14.4. The van der Waals surface area contributed by atoms with Crippen LogP contribution >= 0.6 is 0 Å². The van der Waals surface area contributed by atoms with Gasteiger partial charge in [-0.25, -0.2) is 0 Å². The van der Waals surface area contributed by atoms with Gasteiger partial charge in [0.2, 0.25) is 5.91 Å². The van der Waals surface area contributed by atoms with E-state index in [1.165, 1.54) is 24.9 Å². The number of carbonyl (C=O) groups is 1. The molecular weight excluding hydrogens is 260 g/mol. The molecule has 1 N–H and O–H groups in total. The maximum atomic E-state index is 12.4. The van der Waals surface area contributed by atoms with Gasteiger partial charge in [0.25, 0.3) is 0 Å². The molecule has 3 nitrogen and oxygen atoms in total. The highest BCUT2D eigenvalue weighted by Gasteiger charge is 2.42. The second-order valence-electron chi connectivity index (χ2n) is 6.49. The summed E-state index contributed by atoms with van der Waals surface area (Å²) in [5, 5.41) is 3.11. The normalized spacial score (nSPS) is 26.9. The van der Waals surface area contributed by atoms with Crippen molar-refractivity contribution in [3.8, 4) is 0 Å². The van der Waals surface area contributed by atoms with Gasteiger partial charge in [-0.3, -0.25) is 4.79 Å². The van der Waals surface area contributed by atoms with Crippen LogP contribution in [0.25, 0.3) is 0 Å². The third-order valence-corrected chi connectivity index (χ3v) is 5.34. The molecule has 0 unspecified atom stereocenters. The number of amides is 1. The Morgan fingerprint density at radius 2 is 1.86 bits per heavy atom. The molecule has 21 heavy (non-hydrogen) atoms. The van der Waals surface area contributed by atoms with E-state index in [1.807, 2.05) is 12.1 Å². The average Bonchev–Trinajstić information content (AvgIpc) is 3.13. The van der Waals surface area contributed by atoms with E-state index >= 15 is 0 Å². The van der Waals surface area contributed by atoms with Crippen molar-refractivity contribution in [2.24, 2.45) is 17.8 Å². The van der Waals surface area contributed by atoms with Gasteiger partial charge in [0.05, 0.1) is 0 Å². The minimum absolute atomic E-state index is 0.234. The highest BCUT2D eigenvalue weighted by atomic mass is 16.1. The summed E-state index contributed by atoms with van der Waals surface area (Å²) in [7, 11) is 0. The number of rotatable bonds is 5. The zero-order valence-electron chi connectivity index (χ0n) is 13.1. The quantitative estimate of drug-likeness (QED) is 0.890. The molecule has 114 valence electrons. The number of carbonyl (C=O) groups excluding carboxylic acids is 1. The van der Waals surface area contributed by atoms with Crippen LogP contribution in [-0.2, 0) is 4.79 Å². The van der Waals surface area contributed by atoms with Gasteiger partial charge in [0, 0.05) is 30.4 Å². The van der Waals surface area contributed by atoms with Gasteiger partial charge >= 0.3 is 0 Å². The molecule has 2 bridgehead atoms. The number of hydrogen-bond donors (Lipinski definition) is 1. The fourth-order valence-electron chi connectivity index (χ4n) is 4.15. The molecule has 1 aromatic rings. The fraction of sp³-hybridized carbons (Fsp3) is 0.611. The van der Waals surface area contributed by atoms with Gasteiger partial charge < -0.3 is 10.2 Å². The minimum atomic E-state index is 0.234. The predicted molar refractivity (Wildman–Crippen MR) is 87.6 cm³/mol. The van der Waals surface area contributed by atoms with E-state index in [9.17, 15) is 4.79 Å². The van der Waals surface area contributed by atoms with Crippen LogP contribution in [0.5, 0.6) is 0 Å². The van der Waals surface area contributed by atoms with Crippen LogP contribution in [0.3, 0.4) is 0 Å². The van der Waals surface area contributed by atoms with Crippen molar-refractivity contribution in [3.63, 3.8) is 0 Å². The Labute approximate surface area is 127 Å². The summed E-state index contributed by atoms with van der Waals surface area (Å²) in [6, 6.07) is 8.25. The van der Waals surface area contributed by atoms with Gasteiger partial charge in [-0.05, 0) is 69.2 Å². The molecule has 1 aromatic carbocycles. The summed E-state index contributed by atoms with van der Waals surface area (Å²) >= 11 is 0. The lowest BCUT2D eigenvalue weighted by atomic mass is 9.88. The summed E-state index contributed by atoms with van der Waals surface area (Å²) in [5.41, 5.74) is 2.15. The molecule has 2 aliphatic carbocycles. The highest BCUT2D eigenvalue weighted by Crippen LogP contribution is 2.48. The average molecular weight is 286 g/mol. The SMILES string of the molecule is CCN(CC)c1ccc(NC(=O)[C@H]2C[C@H]3CC[C@H]2C3)cc1. The maximum Gasteiger partial charge on any atom is 0.227 e. The molecular formula is C18H26N2O. The third kappa shape index (κ3) is 2.92. The second kappa shape index (κ2) is 6.08. The maximum absolute atomic E-state index is 12.4. The number of hydrogen-bond acceptors (Lipinski definition) is 2. The van der Waals surface area contributed by atoms with E-state index < -0.39 is 0 Å². The van der Waals surface area contributed by atoms with Crippen molar-refractivity contribution in [2.75, 3.05) is 23.3 Å². The van der Waals surface area contributed by atoms with Crippen molar-refractivity contribution in [2.45, 2.75) is 39.5 Å². The number of anilines is 2. The molecule has 0 aliphatic heterocycles. The molecule has 0 heterocycles. The summed E-state index contributed by atoms with van der Waals surface area (Å²) in [4.78, 5) is 14.7. The Bertz CT molecular complexity index is 492. The van der Waals surface area contributed by atoms with E-state index in [0.717, 1.165) is 31.1 Å². The number of fused-ring (bicyclic) bond motifs is 2. The van der Waals surface area contributed by atoms with Gasteiger partial charge in [0.1, 0.15) is 0 Å². The van der Waals surface area contributed by atoms with Crippen molar-refractivity contribution in [3.05, 3.63) is 24.3 Å². The molecule has 3 atom stereocenters. The largest absolute Gasteiger partial charge is 0.372 e. The first-order valence-electron chi connectivity index (χ1n) is 8.37. The summed E-state index contributed by atoms with van der Waals surface area (Å²) < 4.78 is 0. The van der Waals surface area contributed by atoms with E-state index in [1.54, 1.807) is 0 Å². The van der Waals surface area contributed by atoms with Crippen LogP contribution in [-0.4, -0.2) is 19.0 Å². The molecule has 0 saturated heterocycles. The van der Waals surface area contributed by atoms with Crippen LogP contribution in [0.4, 0.5) is 11.4 Å². The van der Waals surface area contributed by atoms with Crippen LogP contribution in [0.2, 0.25) is 0 Å². The Morgan fingerprint density at radius 3 is 2.38 bits per heavy atom. The van der Waals surface area contributed by atoms with Crippen molar-refractivity contribution in [1.82, 2.24) is 0 Å². The van der Waals surface area contributed by atoms with Crippen molar-refractivity contribution >= 4 is 17.3 Å². The molecule has 2 saturated carbocycles. The number of nitrogens with one attached hydrogen (secondary N) is 1. The van der Waals surface area contributed by atoms with Crippen LogP contribution in [0.1, 0.15) is 39.5 Å². The highest BCUT2D eigenvalue weighted by molar-refractivity contribution is 5.93. The molecule has 0 spiro atoms. The molecule has 3 rings (SSSR count). The Morgan fingerprint density at radius 1 is 1.14 bits per heavy atom. The number of benzene rings is 1. The van der Waals surface area contributed by atoms with Gasteiger partial charge in [0.15, 0.2) is 0 Å². The van der Waals surface area contributed by atoms with E-state index in [2.05, 4.69) is 36.2 Å². The summed E-state index contributed by atoms with van der Waals surface area (Å²) in [5.74, 6) is 1.95. The summed E-state index contributed by atoms with van der Waals surface area (Å²) in [6.45, 7) is 6.34. The van der Waals surface area contributed by atoms with E-state index in [0.29, 0.717) is 5.92 Å². The minimum Gasteiger partial charge on any atom is -0.372 e. The van der Waals surface area contributed by atoms with E-state index in [-0.39, 0.29) is 11.8 Å². The lowest BCUT2D eigenvalue weighted by Gasteiger charge is -2.22. The van der Waals surface area contributed by atoms with Crippen molar-refractivity contribution < 1.29 is 4.79 Å². The molecule has 0 radical (unpaired) electrons. The molecule has 3 heteroatoms. The second-order valence-corrected chi connectivity index (χ2v) is 6.49. The Balaban J connectivity index is 1.61. The lowest BCUT2D eigenvalue weighted by Crippen LogP contribution is -2.27. The molecule has 1 amide bonds. The standard InChI is InChI=1S/C18H26N2O/c1-3-20(4-2)16-9-7-15(8-10-16)19-18(21)17-12-13-5-6-14(17)11-13/h7-10,13-14,17H,3-6,11-12H2,1-2H3,(H,19,21)/t13-,14-,17-/m0/s1. The number of nitrogens with zero attached hydrogens (tertiary/aromatic N) is 1. The third-order valence-electron chi connectivity index (χ3n) is 5.34. The zero-order chi connectivity index (χ0) is 14.8. The first-order valence-corrected chi connectivity index (χ1v) is 8.37. The van der Waals surface area contributed by atoms with Crippen molar-refractivity contribution in [1.29, 1.82) is 0 Å². The zero-order valence-corrected chi connectivity index (χ0v) is 13.1. The Kier molecular flexibility index (Phi) is 4.18. The molecule has 2 aliphatic rings. The first-order chi connectivity index (χ1) is 10.2. The smallest absolute Gasteiger partial charge is 0.227 e. The lowest BCUT2D eigenvalue weighted by molar-refractivity contribution is -0.121. The molecule has 2 fully saturated rings. The van der Waals surface area contributed by atoms with Crippen LogP contribution in [0, 0.1) is 17.8 Å². The molecule has 0 aromatic heterocycles. The monoisotopic (exact) mass is 286 g/mol. The van der Waals surface area contributed by atoms with Gasteiger partial charge in [-0.1, -0.05) is 6.42 Å².